The number of rotatable bonds is 0. The number of hydrogen-bond donors (Lipinski definition) is 1. The molecule has 0 saturated heterocycles. The van der Waals surface area contributed by atoms with Crippen LogP contribution in [0.15, 0.2) is 28.7 Å². The topological polar surface area (TPSA) is 20.2 Å². The molecule has 0 aliphatic heterocycles. The van der Waals surface area contributed by atoms with Crippen LogP contribution in [0.2, 0.25) is 0 Å². The maximum atomic E-state index is 9.40. The first-order valence-electron chi connectivity index (χ1n) is 3.43. The number of aliphatic hydroxyl groups excluding tert-OH is 1. The molecule has 1 aromatic rings. The van der Waals surface area contributed by atoms with Crippen LogP contribution in [-0.4, -0.2) is 5.11 Å². The lowest BCUT2D eigenvalue weighted by Crippen LogP contribution is -1.89. The molecular formula is C9H7BrO. The number of benzene rings is 1. The van der Waals surface area contributed by atoms with Crippen molar-refractivity contribution in [3.8, 4) is 0 Å². The largest absolute Gasteiger partial charge is 0.384 e. The summed E-state index contributed by atoms with van der Waals surface area (Å²) in [6.07, 6.45) is 3.31. The molecule has 1 atom stereocenters. The van der Waals surface area contributed by atoms with E-state index in [1.807, 2.05) is 24.3 Å². The molecule has 1 nitrogen and oxygen atoms in total. The van der Waals surface area contributed by atoms with Crippen LogP contribution in [0.4, 0.5) is 0 Å². The highest BCUT2D eigenvalue weighted by Gasteiger charge is 2.13. The van der Waals surface area contributed by atoms with Crippen LogP contribution in [0.25, 0.3) is 6.08 Å². The first kappa shape index (κ1) is 7.07. The molecule has 0 amide bonds. The van der Waals surface area contributed by atoms with Gasteiger partial charge in [-0.25, -0.2) is 0 Å². The van der Waals surface area contributed by atoms with E-state index in [2.05, 4.69) is 15.9 Å². The summed E-state index contributed by atoms with van der Waals surface area (Å²) in [6.45, 7) is 0. The predicted molar refractivity (Wildman–Crippen MR) is 48.1 cm³/mol. The Kier molecular flexibility index (Phi) is 1.59. The highest BCUT2D eigenvalue weighted by atomic mass is 79.9. The fourth-order valence-corrected chi connectivity index (χ4v) is 1.63. The number of aliphatic hydroxyl groups is 1. The molecule has 2 heteroatoms. The van der Waals surface area contributed by atoms with Crippen molar-refractivity contribution in [2.24, 2.45) is 0 Å². The summed E-state index contributed by atoms with van der Waals surface area (Å²) < 4.78 is 1.01. The van der Waals surface area contributed by atoms with E-state index in [4.69, 9.17) is 0 Å². The van der Waals surface area contributed by atoms with Gasteiger partial charge in [0.1, 0.15) is 0 Å². The summed E-state index contributed by atoms with van der Waals surface area (Å²) in [5, 5.41) is 9.40. The van der Waals surface area contributed by atoms with Gasteiger partial charge in [-0.05, 0) is 23.3 Å². The third-order valence-electron chi connectivity index (χ3n) is 1.83. The Morgan fingerprint density at radius 1 is 1.36 bits per heavy atom. The second-order valence-electron chi connectivity index (χ2n) is 2.58. The zero-order valence-electron chi connectivity index (χ0n) is 5.79. The average Bonchev–Trinajstić information content (AvgIpc) is 2.33. The Bertz CT molecular complexity index is 317. The van der Waals surface area contributed by atoms with Crippen molar-refractivity contribution in [1.82, 2.24) is 0 Å². The normalized spacial score (nSPS) is 20.4. The Labute approximate surface area is 73.5 Å². The number of halogens is 1. The highest BCUT2D eigenvalue weighted by Crippen LogP contribution is 2.29. The second-order valence-corrected chi connectivity index (χ2v) is 3.49. The Morgan fingerprint density at radius 3 is 3.00 bits per heavy atom. The molecule has 11 heavy (non-hydrogen) atoms. The van der Waals surface area contributed by atoms with Gasteiger partial charge in [0.2, 0.25) is 0 Å². The molecule has 1 aromatic carbocycles. The van der Waals surface area contributed by atoms with Gasteiger partial charge >= 0.3 is 0 Å². The lowest BCUT2D eigenvalue weighted by molar-refractivity contribution is 0.232. The van der Waals surface area contributed by atoms with E-state index in [1.54, 1.807) is 6.08 Å². The molecule has 0 spiro atoms. The minimum absolute atomic E-state index is 0.414. The molecule has 1 aliphatic rings. The van der Waals surface area contributed by atoms with E-state index in [0.717, 1.165) is 15.6 Å². The van der Waals surface area contributed by atoms with Gasteiger partial charge in [0.05, 0.1) is 6.10 Å². The lowest BCUT2D eigenvalue weighted by atomic mass is 10.1. The summed E-state index contributed by atoms with van der Waals surface area (Å²) in [5.41, 5.74) is 2.10. The minimum Gasteiger partial charge on any atom is -0.384 e. The van der Waals surface area contributed by atoms with E-state index in [-0.39, 0.29) is 0 Å². The van der Waals surface area contributed by atoms with Crippen molar-refractivity contribution >= 4 is 22.0 Å². The monoisotopic (exact) mass is 210 g/mol. The maximum Gasteiger partial charge on any atom is 0.0981 e. The molecule has 0 fully saturated rings. The van der Waals surface area contributed by atoms with Crippen LogP contribution in [0.5, 0.6) is 0 Å². The molecule has 56 valence electrons. The van der Waals surface area contributed by atoms with Crippen LogP contribution < -0.4 is 0 Å². The van der Waals surface area contributed by atoms with Crippen molar-refractivity contribution in [3.05, 3.63) is 39.9 Å². The summed E-state index contributed by atoms with van der Waals surface area (Å²) in [5.74, 6) is 0. The predicted octanol–water partition coefficient (Wildman–Crippen LogP) is 2.51. The molecule has 2 rings (SSSR count). The standard InChI is InChI=1S/C9H7BrO/c10-7-3-1-6-2-4-9(11)8(6)5-7/h1-5,9,11H. The van der Waals surface area contributed by atoms with Crippen LogP contribution in [-0.2, 0) is 0 Å². The minimum atomic E-state index is -0.414. The number of fused-ring (bicyclic) bond motifs is 1. The van der Waals surface area contributed by atoms with Gasteiger partial charge in [-0.2, -0.15) is 0 Å². The molecule has 0 saturated carbocycles. The van der Waals surface area contributed by atoms with Crippen LogP contribution in [0.1, 0.15) is 17.2 Å². The van der Waals surface area contributed by atoms with Crippen molar-refractivity contribution in [1.29, 1.82) is 0 Å². The molecule has 1 aliphatic carbocycles. The third-order valence-corrected chi connectivity index (χ3v) is 2.32. The Morgan fingerprint density at radius 2 is 2.18 bits per heavy atom. The van der Waals surface area contributed by atoms with E-state index in [1.165, 1.54) is 0 Å². The third kappa shape index (κ3) is 1.12. The molecule has 0 radical (unpaired) electrons. The van der Waals surface area contributed by atoms with Crippen LogP contribution in [0.3, 0.4) is 0 Å². The fraction of sp³-hybridized carbons (Fsp3) is 0.111. The quantitative estimate of drug-likeness (QED) is 0.698. The van der Waals surface area contributed by atoms with Gasteiger partial charge in [-0.1, -0.05) is 34.1 Å². The van der Waals surface area contributed by atoms with E-state index < -0.39 is 6.10 Å². The van der Waals surface area contributed by atoms with E-state index >= 15 is 0 Å². The fourth-order valence-electron chi connectivity index (χ4n) is 1.25. The smallest absolute Gasteiger partial charge is 0.0981 e. The zero-order chi connectivity index (χ0) is 7.84. The second kappa shape index (κ2) is 2.47. The average molecular weight is 211 g/mol. The van der Waals surface area contributed by atoms with Crippen molar-refractivity contribution < 1.29 is 5.11 Å². The lowest BCUT2D eigenvalue weighted by Gasteiger charge is -2.03. The highest BCUT2D eigenvalue weighted by molar-refractivity contribution is 9.10. The molecule has 0 bridgehead atoms. The van der Waals surface area contributed by atoms with Crippen LogP contribution in [0, 0.1) is 0 Å². The Balaban J connectivity index is 2.58. The van der Waals surface area contributed by atoms with Gasteiger partial charge < -0.3 is 5.11 Å². The number of hydrogen-bond acceptors (Lipinski definition) is 1. The molecule has 0 aromatic heterocycles. The first-order chi connectivity index (χ1) is 5.27. The van der Waals surface area contributed by atoms with Crippen molar-refractivity contribution in [2.75, 3.05) is 0 Å². The van der Waals surface area contributed by atoms with Gasteiger partial charge in [-0.15, -0.1) is 0 Å². The van der Waals surface area contributed by atoms with Gasteiger partial charge in [0.15, 0.2) is 0 Å². The molecule has 1 N–H and O–H groups in total. The molecule has 1 unspecified atom stereocenters. The zero-order valence-corrected chi connectivity index (χ0v) is 7.38. The van der Waals surface area contributed by atoms with Crippen molar-refractivity contribution in [3.63, 3.8) is 0 Å². The summed E-state index contributed by atoms with van der Waals surface area (Å²) in [4.78, 5) is 0. The van der Waals surface area contributed by atoms with E-state index in [9.17, 15) is 5.11 Å². The molecular weight excluding hydrogens is 204 g/mol. The molecule has 0 heterocycles. The summed E-state index contributed by atoms with van der Waals surface area (Å²) in [7, 11) is 0. The van der Waals surface area contributed by atoms with E-state index in [0.29, 0.717) is 0 Å². The van der Waals surface area contributed by atoms with Gasteiger partial charge in [0.25, 0.3) is 0 Å². The first-order valence-corrected chi connectivity index (χ1v) is 4.22. The van der Waals surface area contributed by atoms with Crippen LogP contribution >= 0.6 is 15.9 Å². The van der Waals surface area contributed by atoms with Gasteiger partial charge in [-0.3, -0.25) is 0 Å². The van der Waals surface area contributed by atoms with Crippen molar-refractivity contribution in [2.45, 2.75) is 6.10 Å². The summed E-state index contributed by atoms with van der Waals surface area (Å²) in [6, 6.07) is 5.91. The maximum absolute atomic E-state index is 9.40. The van der Waals surface area contributed by atoms with Gasteiger partial charge in [0, 0.05) is 4.47 Å². The summed E-state index contributed by atoms with van der Waals surface area (Å²) >= 11 is 3.35. The Hall–Kier alpha value is -0.600. The SMILES string of the molecule is OC1C=Cc2ccc(Br)cc21.